The molecule has 2 heterocycles. The third-order valence-electron chi connectivity index (χ3n) is 3.69. The van der Waals surface area contributed by atoms with Crippen LogP contribution in [0.2, 0.25) is 0 Å². The fourth-order valence-electron chi connectivity index (χ4n) is 2.96. The highest BCUT2D eigenvalue weighted by atomic mass is 16.5. The second kappa shape index (κ2) is 4.56. The Hall–Kier alpha value is -0.860. The van der Waals surface area contributed by atoms with Crippen LogP contribution in [0.3, 0.4) is 0 Å². The molecule has 16 heavy (non-hydrogen) atoms. The smallest absolute Gasteiger partial charge is 0.0960 e. The fraction of sp³-hybridized carbons (Fsp3) is 0.571. The van der Waals surface area contributed by atoms with E-state index < -0.39 is 0 Å². The normalized spacial score (nSPS) is 35.2. The second-order valence-electron chi connectivity index (χ2n) is 4.75. The zero-order chi connectivity index (χ0) is 11.6. The van der Waals surface area contributed by atoms with E-state index in [1.807, 2.05) is 12.2 Å². The Morgan fingerprint density at radius 1 is 1.50 bits per heavy atom. The monoisotopic (exact) mass is 221 g/mol. The maximum Gasteiger partial charge on any atom is 0.0960 e. The fourth-order valence-corrected chi connectivity index (χ4v) is 2.96. The Kier molecular flexibility index (Phi) is 3.31. The molecular formula is C14H23NO. The predicted octanol–water partition coefficient (Wildman–Crippen LogP) is 2.83. The molecule has 2 heteroatoms. The first-order valence-corrected chi connectivity index (χ1v) is 6.08. The number of piperidine rings is 1. The number of ether oxygens (including phenoxy) is 1. The molecule has 1 N–H and O–H groups in total. The van der Waals surface area contributed by atoms with Gasteiger partial charge in [0.05, 0.1) is 12.2 Å². The molecule has 0 saturated carbocycles. The van der Waals surface area contributed by atoms with E-state index in [0.29, 0.717) is 6.04 Å². The first-order valence-electron chi connectivity index (χ1n) is 6.08. The summed E-state index contributed by atoms with van der Waals surface area (Å²) in [6.07, 6.45) is 6.97. The Bertz CT molecular complexity index is 337. The first kappa shape index (κ1) is 11.6. The quantitative estimate of drug-likeness (QED) is 0.774. The van der Waals surface area contributed by atoms with Gasteiger partial charge in [0.15, 0.2) is 0 Å². The van der Waals surface area contributed by atoms with Gasteiger partial charge in [-0.15, -0.1) is 0 Å². The van der Waals surface area contributed by atoms with Gasteiger partial charge in [-0.25, -0.2) is 0 Å². The molecule has 0 unspecified atom stereocenters. The van der Waals surface area contributed by atoms with Crippen molar-refractivity contribution in [2.45, 2.75) is 37.8 Å². The third-order valence-corrected chi connectivity index (χ3v) is 3.69. The highest BCUT2D eigenvalue weighted by Crippen LogP contribution is 2.39. The lowest BCUT2D eigenvalue weighted by Crippen LogP contribution is -2.51. The maximum absolute atomic E-state index is 6.10. The van der Waals surface area contributed by atoms with Crippen LogP contribution in [0.5, 0.6) is 0 Å². The topological polar surface area (TPSA) is 21.3 Å². The molecule has 2 aliphatic heterocycles. The summed E-state index contributed by atoms with van der Waals surface area (Å²) in [6, 6.07) is 0.507. The van der Waals surface area contributed by atoms with E-state index in [-0.39, 0.29) is 7.03 Å². The van der Waals surface area contributed by atoms with Crippen molar-refractivity contribution in [3.8, 4) is 0 Å². The average molecular weight is 221 g/mol. The maximum atomic E-state index is 6.10. The summed E-state index contributed by atoms with van der Waals surface area (Å²) in [7, 11) is 0. The van der Waals surface area contributed by atoms with Crippen LogP contribution in [-0.4, -0.2) is 24.8 Å². The summed E-state index contributed by atoms with van der Waals surface area (Å²) in [5.74, 6) is 0. The van der Waals surface area contributed by atoms with Crippen molar-refractivity contribution in [1.82, 2.24) is 5.32 Å². The Labute approximate surface area is 99.6 Å². The van der Waals surface area contributed by atoms with Crippen molar-refractivity contribution in [1.29, 1.82) is 0 Å². The highest BCUT2D eigenvalue weighted by Gasteiger charge is 2.40. The molecule has 2 nitrogen and oxygen atoms in total. The van der Waals surface area contributed by atoms with Crippen molar-refractivity contribution in [3.05, 3.63) is 36.5 Å². The standard InChI is InChI=1S/C14H21NO.H2/c1-4-12-6-9-16-14(13(12)5-2)7-8-15-11(3)10-14;/h4-5,11,15H,1-2,6-10H2,3H3;1H/t11-,14+;/m0./s1. The van der Waals surface area contributed by atoms with E-state index in [1.165, 1.54) is 11.1 Å². The number of hydrogen-bond donors (Lipinski definition) is 1. The van der Waals surface area contributed by atoms with Gasteiger partial charge < -0.3 is 10.1 Å². The lowest BCUT2D eigenvalue weighted by Gasteiger charge is -2.44. The zero-order valence-electron chi connectivity index (χ0n) is 10.1. The molecular weight excluding hydrogens is 198 g/mol. The Balaban J connectivity index is 0.00000144. The second-order valence-corrected chi connectivity index (χ2v) is 4.75. The van der Waals surface area contributed by atoms with E-state index in [2.05, 4.69) is 25.4 Å². The molecule has 0 aliphatic carbocycles. The van der Waals surface area contributed by atoms with Crippen LogP contribution >= 0.6 is 0 Å². The van der Waals surface area contributed by atoms with Gasteiger partial charge in [0.1, 0.15) is 0 Å². The zero-order valence-corrected chi connectivity index (χ0v) is 10.1. The molecule has 0 aromatic rings. The highest BCUT2D eigenvalue weighted by molar-refractivity contribution is 5.40. The number of rotatable bonds is 2. The van der Waals surface area contributed by atoms with Crippen LogP contribution in [0.4, 0.5) is 0 Å². The molecule has 0 aromatic carbocycles. The molecule has 2 atom stereocenters. The third kappa shape index (κ3) is 1.87. The van der Waals surface area contributed by atoms with Gasteiger partial charge in [0, 0.05) is 7.47 Å². The molecule has 2 rings (SSSR count). The summed E-state index contributed by atoms with van der Waals surface area (Å²) >= 11 is 0. The van der Waals surface area contributed by atoms with Gasteiger partial charge in [-0.05, 0) is 43.9 Å². The number of allylic oxidation sites excluding steroid dienone is 1. The van der Waals surface area contributed by atoms with Gasteiger partial charge in [-0.1, -0.05) is 25.3 Å². The SMILES string of the molecule is C=CC1=C(C=C)[C@]2(CCN[C@@H](C)C2)OCC1.[HH]. The van der Waals surface area contributed by atoms with Crippen molar-refractivity contribution >= 4 is 0 Å². The van der Waals surface area contributed by atoms with Crippen molar-refractivity contribution in [3.63, 3.8) is 0 Å². The minimum Gasteiger partial charge on any atom is -0.370 e. The molecule has 0 aromatic heterocycles. The predicted molar refractivity (Wildman–Crippen MR) is 69.5 cm³/mol. The van der Waals surface area contributed by atoms with Crippen LogP contribution in [0, 0.1) is 0 Å². The minimum absolute atomic E-state index is 0. The van der Waals surface area contributed by atoms with Crippen molar-refractivity contribution in [2.75, 3.05) is 13.2 Å². The molecule has 0 amide bonds. The lowest BCUT2D eigenvalue weighted by atomic mass is 9.77. The van der Waals surface area contributed by atoms with Gasteiger partial charge >= 0.3 is 0 Å². The number of nitrogens with one attached hydrogen (secondary N) is 1. The number of hydrogen-bond acceptors (Lipinski definition) is 2. The summed E-state index contributed by atoms with van der Waals surface area (Å²) in [6.45, 7) is 11.9. The van der Waals surface area contributed by atoms with Crippen LogP contribution in [0.25, 0.3) is 0 Å². The molecule has 0 radical (unpaired) electrons. The molecule has 2 aliphatic rings. The molecule has 1 saturated heterocycles. The molecule has 1 spiro atoms. The average Bonchev–Trinajstić information content (AvgIpc) is 2.28. The summed E-state index contributed by atoms with van der Waals surface area (Å²) in [5, 5.41) is 3.47. The van der Waals surface area contributed by atoms with Crippen LogP contribution in [-0.2, 0) is 4.74 Å². The summed E-state index contributed by atoms with van der Waals surface area (Å²) < 4.78 is 6.10. The van der Waals surface area contributed by atoms with E-state index in [4.69, 9.17) is 4.74 Å². The van der Waals surface area contributed by atoms with Crippen LogP contribution in [0.1, 0.15) is 27.6 Å². The minimum atomic E-state index is -0.103. The summed E-state index contributed by atoms with van der Waals surface area (Å²) in [5.41, 5.74) is 2.48. The lowest BCUT2D eigenvalue weighted by molar-refractivity contribution is -0.0508. The van der Waals surface area contributed by atoms with Gasteiger partial charge in [0.25, 0.3) is 0 Å². The molecule has 90 valence electrons. The summed E-state index contributed by atoms with van der Waals surface area (Å²) in [4.78, 5) is 0. The van der Waals surface area contributed by atoms with E-state index in [0.717, 1.165) is 32.4 Å². The van der Waals surface area contributed by atoms with Gasteiger partial charge in [-0.3, -0.25) is 0 Å². The van der Waals surface area contributed by atoms with Crippen LogP contribution in [0.15, 0.2) is 36.5 Å². The van der Waals surface area contributed by atoms with E-state index >= 15 is 0 Å². The largest absolute Gasteiger partial charge is 0.370 e. The molecule has 1 fully saturated rings. The van der Waals surface area contributed by atoms with Crippen molar-refractivity contribution < 1.29 is 6.16 Å². The molecule has 0 bridgehead atoms. The van der Waals surface area contributed by atoms with E-state index in [1.54, 1.807) is 0 Å². The Morgan fingerprint density at radius 2 is 2.31 bits per heavy atom. The van der Waals surface area contributed by atoms with Gasteiger partial charge in [0.2, 0.25) is 0 Å². The van der Waals surface area contributed by atoms with Crippen molar-refractivity contribution in [2.24, 2.45) is 0 Å². The Morgan fingerprint density at radius 3 is 2.94 bits per heavy atom. The van der Waals surface area contributed by atoms with E-state index in [9.17, 15) is 0 Å². The van der Waals surface area contributed by atoms with Gasteiger partial charge in [-0.2, -0.15) is 0 Å². The van der Waals surface area contributed by atoms with Crippen LogP contribution < -0.4 is 5.32 Å². The first-order chi connectivity index (χ1) is 7.72.